The van der Waals surface area contributed by atoms with Gasteiger partial charge in [-0.15, -0.1) is 0 Å². The van der Waals surface area contributed by atoms with Gasteiger partial charge in [0.2, 0.25) is 0 Å². The number of nitrogens with one attached hydrogen (secondary N) is 1. The molecule has 0 radical (unpaired) electrons. The predicted molar refractivity (Wildman–Crippen MR) is 77.8 cm³/mol. The van der Waals surface area contributed by atoms with Crippen LogP contribution >= 0.6 is 0 Å². The zero-order valence-electron chi connectivity index (χ0n) is 11.0. The first-order valence-electron chi connectivity index (χ1n) is 6.65. The smallest absolute Gasteiger partial charge is 0.322 e. The Hall–Kier alpha value is -2.49. The largest absolute Gasteiger partial charge is 0.508 e. The van der Waals surface area contributed by atoms with Crippen molar-refractivity contribution < 1.29 is 9.90 Å². The van der Waals surface area contributed by atoms with Crippen molar-refractivity contribution in [2.24, 2.45) is 0 Å². The summed E-state index contributed by atoms with van der Waals surface area (Å²) in [7, 11) is 0. The molecule has 0 aliphatic carbocycles. The molecule has 20 heavy (non-hydrogen) atoms. The van der Waals surface area contributed by atoms with Crippen LogP contribution in [0.2, 0.25) is 0 Å². The van der Waals surface area contributed by atoms with Crippen LogP contribution in [-0.2, 0) is 13.0 Å². The van der Waals surface area contributed by atoms with E-state index in [0.29, 0.717) is 13.1 Å². The molecule has 2 aromatic rings. The molecule has 0 spiro atoms. The van der Waals surface area contributed by atoms with E-state index in [4.69, 9.17) is 0 Å². The Labute approximate surface area is 117 Å². The first kappa shape index (κ1) is 12.5. The second-order valence-electron chi connectivity index (χ2n) is 4.86. The lowest BCUT2D eigenvalue weighted by Crippen LogP contribution is -2.38. The molecule has 0 saturated carbocycles. The number of rotatable bonds is 2. The fourth-order valence-electron chi connectivity index (χ4n) is 2.49. The number of phenols is 1. The van der Waals surface area contributed by atoms with Gasteiger partial charge in [0.1, 0.15) is 5.75 Å². The lowest BCUT2D eigenvalue weighted by atomic mass is 10.2. The Kier molecular flexibility index (Phi) is 3.29. The number of amides is 2. The number of aromatic hydroxyl groups is 1. The SMILES string of the molecule is O=C(NCc1cccc(O)c1)N1CCc2ccccc21. The van der Waals surface area contributed by atoms with E-state index in [1.807, 2.05) is 24.3 Å². The van der Waals surface area contributed by atoms with Crippen molar-refractivity contribution in [1.82, 2.24) is 5.32 Å². The topological polar surface area (TPSA) is 52.6 Å². The number of anilines is 1. The van der Waals surface area contributed by atoms with Crippen molar-refractivity contribution in [2.75, 3.05) is 11.4 Å². The Morgan fingerprint density at radius 2 is 2.05 bits per heavy atom. The molecule has 0 bridgehead atoms. The molecule has 0 saturated heterocycles. The maximum Gasteiger partial charge on any atom is 0.322 e. The highest BCUT2D eigenvalue weighted by molar-refractivity contribution is 5.94. The van der Waals surface area contributed by atoms with Gasteiger partial charge in [0, 0.05) is 18.8 Å². The lowest BCUT2D eigenvalue weighted by Gasteiger charge is -2.18. The Bertz CT molecular complexity index is 640. The zero-order valence-corrected chi connectivity index (χ0v) is 11.0. The van der Waals surface area contributed by atoms with Gasteiger partial charge in [0.25, 0.3) is 0 Å². The van der Waals surface area contributed by atoms with Gasteiger partial charge in [-0.2, -0.15) is 0 Å². The van der Waals surface area contributed by atoms with Crippen LogP contribution in [-0.4, -0.2) is 17.7 Å². The van der Waals surface area contributed by atoms with Crippen molar-refractivity contribution in [3.05, 3.63) is 59.7 Å². The lowest BCUT2D eigenvalue weighted by molar-refractivity contribution is 0.246. The number of urea groups is 1. The second-order valence-corrected chi connectivity index (χ2v) is 4.86. The van der Waals surface area contributed by atoms with Crippen LogP contribution in [0.15, 0.2) is 48.5 Å². The van der Waals surface area contributed by atoms with Gasteiger partial charge >= 0.3 is 6.03 Å². The third kappa shape index (κ3) is 2.45. The monoisotopic (exact) mass is 268 g/mol. The minimum atomic E-state index is -0.0988. The number of carbonyl (C=O) groups is 1. The third-order valence-electron chi connectivity index (χ3n) is 3.49. The van der Waals surface area contributed by atoms with Crippen LogP contribution in [0.1, 0.15) is 11.1 Å². The molecule has 4 heteroatoms. The average molecular weight is 268 g/mol. The maximum absolute atomic E-state index is 12.2. The summed E-state index contributed by atoms with van der Waals surface area (Å²) in [5.41, 5.74) is 3.08. The summed E-state index contributed by atoms with van der Waals surface area (Å²) in [6, 6.07) is 14.8. The highest BCUT2D eigenvalue weighted by Gasteiger charge is 2.23. The number of fused-ring (bicyclic) bond motifs is 1. The summed E-state index contributed by atoms with van der Waals surface area (Å²) in [5.74, 6) is 0.211. The molecular weight excluding hydrogens is 252 g/mol. The summed E-state index contributed by atoms with van der Waals surface area (Å²) >= 11 is 0. The Morgan fingerprint density at radius 1 is 1.20 bits per heavy atom. The first-order chi connectivity index (χ1) is 9.74. The number of nitrogens with zero attached hydrogens (tertiary/aromatic N) is 1. The number of hydrogen-bond acceptors (Lipinski definition) is 2. The molecular formula is C16H16N2O2. The van der Waals surface area contributed by atoms with Crippen molar-refractivity contribution in [3.63, 3.8) is 0 Å². The molecule has 0 aromatic heterocycles. The van der Waals surface area contributed by atoms with Gasteiger partial charge in [-0.1, -0.05) is 30.3 Å². The number of carbonyl (C=O) groups excluding carboxylic acids is 1. The molecule has 2 amide bonds. The van der Waals surface area contributed by atoms with Crippen LogP contribution in [0, 0.1) is 0 Å². The van der Waals surface area contributed by atoms with E-state index in [1.54, 1.807) is 23.1 Å². The van der Waals surface area contributed by atoms with Gasteiger partial charge in [-0.25, -0.2) is 4.79 Å². The third-order valence-corrected chi connectivity index (χ3v) is 3.49. The van der Waals surface area contributed by atoms with E-state index in [9.17, 15) is 9.90 Å². The Morgan fingerprint density at radius 3 is 2.90 bits per heavy atom. The van der Waals surface area contributed by atoms with E-state index in [1.165, 1.54) is 5.56 Å². The molecule has 4 nitrogen and oxygen atoms in total. The summed E-state index contributed by atoms with van der Waals surface area (Å²) in [5, 5.41) is 12.3. The van der Waals surface area contributed by atoms with Crippen LogP contribution < -0.4 is 10.2 Å². The van der Waals surface area contributed by atoms with Gasteiger partial charge in [0.15, 0.2) is 0 Å². The first-order valence-corrected chi connectivity index (χ1v) is 6.65. The molecule has 1 aliphatic heterocycles. The van der Waals surface area contributed by atoms with Crippen molar-refractivity contribution in [3.8, 4) is 5.75 Å². The number of para-hydroxylation sites is 1. The van der Waals surface area contributed by atoms with Gasteiger partial charge in [-0.3, -0.25) is 4.90 Å². The molecule has 3 rings (SSSR count). The Balaban J connectivity index is 1.66. The number of hydrogen-bond donors (Lipinski definition) is 2. The standard InChI is InChI=1S/C16H16N2O2/c19-14-6-3-4-12(10-14)11-17-16(20)18-9-8-13-5-1-2-7-15(13)18/h1-7,10,19H,8-9,11H2,(H,17,20). The molecule has 102 valence electrons. The quantitative estimate of drug-likeness (QED) is 0.879. The fraction of sp³-hybridized carbons (Fsp3) is 0.188. The molecule has 0 unspecified atom stereocenters. The molecule has 2 aromatic carbocycles. The highest BCUT2D eigenvalue weighted by atomic mass is 16.3. The highest BCUT2D eigenvalue weighted by Crippen LogP contribution is 2.27. The average Bonchev–Trinajstić information content (AvgIpc) is 2.89. The van der Waals surface area contributed by atoms with E-state index in [0.717, 1.165) is 17.7 Å². The van der Waals surface area contributed by atoms with E-state index in [-0.39, 0.29) is 11.8 Å². The van der Waals surface area contributed by atoms with Gasteiger partial charge < -0.3 is 10.4 Å². The summed E-state index contributed by atoms with van der Waals surface area (Å²) < 4.78 is 0. The summed E-state index contributed by atoms with van der Waals surface area (Å²) in [6.07, 6.45) is 0.899. The van der Waals surface area contributed by atoms with Crippen LogP contribution in [0.25, 0.3) is 0 Å². The van der Waals surface area contributed by atoms with Crippen LogP contribution in [0.3, 0.4) is 0 Å². The predicted octanol–water partition coefficient (Wildman–Crippen LogP) is 2.66. The normalized spacial score (nSPS) is 13.1. The number of phenolic OH excluding ortho intramolecular Hbond substituents is 1. The molecule has 1 heterocycles. The summed E-state index contributed by atoms with van der Waals surface area (Å²) in [6.45, 7) is 1.12. The van der Waals surface area contributed by atoms with Crippen molar-refractivity contribution in [2.45, 2.75) is 13.0 Å². The van der Waals surface area contributed by atoms with Crippen molar-refractivity contribution in [1.29, 1.82) is 0 Å². The molecule has 1 aliphatic rings. The van der Waals surface area contributed by atoms with Gasteiger partial charge in [0.05, 0.1) is 0 Å². The van der Waals surface area contributed by atoms with Crippen LogP contribution in [0.5, 0.6) is 5.75 Å². The zero-order chi connectivity index (χ0) is 13.9. The minimum absolute atomic E-state index is 0.0988. The van der Waals surface area contributed by atoms with Crippen molar-refractivity contribution >= 4 is 11.7 Å². The van der Waals surface area contributed by atoms with Gasteiger partial charge in [-0.05, 0) is 35.7 Å². The van der Waals surface area contributed by atoms with E-state index >= 15 is 0 Å². The maximum atomic E-state index is 12.2. The molecule has 2 N–H and O–H groups in total. The molecule has 0 fully saturated rings. The second kappa shape index (κ2) is 5.25. The fourth-order valence-corrected chi connectivity index (χ4v) is 2.49. The van der Waals surface area contributed by atoms with E-state index in [2.05, 4.69) is 11.4 Å². The summed E-state index contributed by atoms with van der Waals surface area (Å²) in [4.78, 5) is 14.0. The number of benzene rings is 2. The molecule has 0 atom stereocenters. The van der Waals surface area contributed by atoms with Crippen LogP contribution in [0.4, 0.5) is 10.5 Å². The van der Waals surface area contributed by atoms with E-state index < -0.39 is 0 Å². The minimum Gasteiger partial charge on any atom is -0.508 e.